The van der Waals surface area contributed by atoms with E-state index in [1.165, 1.54) is 17.5 Å². The third kappa shape index (κ3) is 3.26. The van der Waals surface area contributed by atoms with E-state index in [1.54, 1.807) is 11.0 Å². The minimum atomic E-state index is -0.00212. The van der Waals surface area contributed by atoms with Crippen molar-refractivity contribution in [3.05, 3.63) is 72.3 Å². The number of nitrogens with one attached hydrogen (secondary N) is 1. The summed E-state index contributed by atoms with van der Waals surface area (Å²) < 4.78 is 1.70. The highest BCUT2D eigenvalue weighted by molar-refractivity contribution is 5.90. The van der Waals surface area contributed by atoms with Crippen LogP contribution in [0, 0.1) is 0 Å². The standard InChI is InChI=1S/C22H23N5O/c28-22(25-17-8-10-18(11-9-17)26-15-23-14-24-26)27(19-12-13-19)21-7-3-5-16-4-1-2-6-20(16)21/h1-2,4,6,8-11,14-15,19,21H,3,5,7,12-13H2,(H,25,28). The summed E-state index contributed by atoms with van der Waals surface area (Å²) in [7, 11) is 0. The Morgan fingerprint density at radius 1 is 1.07 bits per heavy atom. The zero-order valence-electron chi connectivity index (χ0n) is 15.7. The molecule has 6 heteroatoms. The topological polar surface area (TPSA) is 63.1 Å². The van der Waals surface area contributed by atoms with Crippen LogP contribution in [0.4, 0.5) is 10.5 Å². The molecule has 3 aromatic rings. The predicted molar refractivity (Wildman–Crippen MR) is 107 cm³/mol. The maximum absolute atomic E-state index is 13.2. The molecule has 1 saturated carbocycles. The van der Waals surface area contributed by atoms with Crippen LogP contribution in [0.3, 0.4) is 0 Å². The van der Waals surface area contributed by atoms with Gasteiger partial charge in [0.25, 0.3) is 0 Å². The molecular weight excluding hydrogens is 350 g/mol. The fraction of sp³-hybridized carbons (Fsp3) is 0.318. The Bertz CT molecular complexity index is 963. The van der Waals surface area contributed by atoms with E-state index in [0.717, 1.165) is 43.5 Å². The predicted octanol–water partition coefficient (Wildman–Crippen LogP) is 4.34. The van der Waals surface area contributed by atoms with Crippen molar-refractivity contribution in [2.75, 3.05) is 5.32 Å². The summed E-state index contributed by atoms with van der Waals surface area (Å²) in [5.74, 6) is 0. The van der Waals surface area contributed by atoms with Gasteiger partial charge in [-0.25, -0.2) is 14.5 Å². The Hall–Kier alpha value is -3.15. The number of urea groups is 1. The molecule has 2 aliphatic carbocycles. The van der Waals surface area contributed by atoms with Gasteiger partial charge in [-0.15, -0.1) is 0 Å². The lowest BCUT2D eigenvalue weighted by molar-refractivity contribution is 0.175. The average molecular weight is 373 g/mol. The Balaban J connectivity index is 1.36. The molecule has 142 valence electrons. The lowest BCUT2D eigenvalue weighted by Crippen LogP contribution is -2.41. The van der Waals surface area contributed by atoms with E-state index < -0.39 is 0 Å². The first-order valence-electron chi connectivity index (χ1n) is 9.92. The summed E-state index contributed by atoms with van der Waals surface area (Å²) in [4.78, 5) is 19.3. The highest BCUT2D eigenvalue weighted by Crippen LogP contribution is 2.41. The van der Waals surface area contributed by atoms with Gasteiger partial charge in [0.05, 0.1) is 11.7 Å². The molecule has 2 amide bonds. The first-order chi connectivity index (χ1) is 13.8. The zero-order chi connectivity index (χ0) is 18.9. The number of hydrogen-bond acceptors (Lipinski definition) is 3. The molecular formula is C22H23N5O. The molecule has 6 nitrogen and oxygen atoms in total. The second kappa shape index (κ2) is 7.11. The number of nitrogens with zero attached hydrogens (tertiary/aromatic N) is 4. The summed E-state index contributed by atoms with van der Waals surface area (Å²) in [6, 6.07) is 16.8. The van der Waals surface area contributed by atoms with E-state index in [4.69, 9.17) is 0 Å². The Morgan fingerprint density at radius 2 is 1.89 bits per heavy atom. The van der Waals surface area contributed by atoms with Crippen LogP contribution in [0.5, 0.6) is 0 Å². The van der Waals surface area contributed by atoms with Gasteiger partial charge >= 0.3 is 6.03 Å². The summed E-state index contributed by atoms with van der Waals surface area (Å²) in [5, 5.41) is 7.23. The van der Waals surface area contributed by atoms with Crippen LogP contribution in [0.25, 0.3) is 5.69 Å². The molecule has 0 bridgehead atoms. The van der Waals surface area contributed by atoms with Crippen molar-refractivity contribution in [3.63, 3.8) is 0 Å². The third-order valence-electron chi connectivity index (χ3n) is 5.65. The monoisotopic (exact) mass is 373 g/mol. The van der Waals surface area contributed by atoms with E-state index in [-0.39, 0.29) is 12.1 Å². The first kappa shape index (κ1) is 17.0. The molecule has 0 aliphatic heterocycles. The van der Waals surface area contributed by atoms with Gasteiger partial charge in [0.15, 0.2) is 0 Å². The van der Waals surface area contributed by atoms with Crippen molar-refractivity contribution in [2.45, 2.75) is 44.2 Å². The molecule has 0 spiro atoms. The van der Waals surface area contributed by atoms with Crippen molar-refractivity contribution in [1.29, 1.82) is 0 Å². The van der Waals surface area contributed by atoms with Gasteiger partial charge < -0.3 is 10.2 Å². The molecule has 0 radical (unpaired) electrons. The minimum Gasteiger partial charge on any atom is -0.315 e. The minimum absolute atomic E-state index is 0.00212. The Kier molecular flexibility index (Phi) is 4.31. The van der Waals surface area contributed by atoms with Crippen LogP contribution in [-0.2, 0) is 6.42 Å². The molecule has 1 heterocycles. The SMILES string of the molecule is O=C(Nc1ccc(-n2cncn2)cc1)N(C1CC1)C1CCCc2ccccc21. The van der Waals surface area contributed by atoms with E-state index in [1.807, 2.05) is 24.3 Å². The van der Waals surface area contributed by atoms with Crippen LogP contribution in [0.2, 0.25) is 0 Å². The summed E-state index contributed by atoms with van der Waals surface area (Å²) in [5.41, 5.74) is 4.41. The molecule has 5 rings (SSSR count). The smallest absolute Gasteiger partial charge is 0.315 e. The number of rotatable bonds is 4. The van der Waals surface area contributed by atoms with Crippen LogP contribution >= 0.6 is 0 Å². The van der Waals surface area contributed by atoms with Crippen LogP contribution < -0.4 is 5.32 Å². The number of anilines is 1. The van der Waals surface area contributed by atoms with E-state index in [2.05, 4.69) is 44.6 Å². The Morgan fingerprint density at radius 3 is 2.64 bits per heavy atom. The van der Waals surface area contributed by atoms with Gasteiger partial charge in [-0.3, -0.25) is 0 Å². The van der Waals surface area contributed by atoms with Crippen molar-refractivity contribution in [1.82, 2.24) is 19.7 Å². The van der Waals surface area contributed by atoms with Gasteiger partial charge in [0, 0.05) is 11.7 Å². The second-order valence-corrected chi connectivity index (χ2v) is 7.56. The largest absolute Gasteiger partial charge is 0.322 e. The normalized spacial score (nSPS) is 18.4. The molecule has 1 N–H and O–H groups in total. The van der Waals surface area contributed by atoms with E-state index >= 15 is 0 Å². The molecule has 1 unspecified atom stereocenters. The quantitative estimate of drug-likeness (QED) is 0.740. The summed E-state index contributed by atoms with van der Waals surface area (Å²) >= 11 is 0. The number of amides is 2. The van der Waals surface area contributed by atoms with Crippen molar-refractivity contribution < 1.29 is 4.79 Å². The molecule has 2 aromatic carbocycles. The number of carbonyl (C=O) groups is 1. The maximum atomic E-state index is 13.2. The van der Waals surface area contributed by atoms with Gasteiger partial charge in [-0.1, -0.05) is 24.3 Å². The second-order valence-electron chi connectivity index (χ2n) is 7.56. The maximum Gasteiger partial charge on any atom is 0.322 e. The van der Waals surface area contributed by atoms with Gasteiger partial charge in [-0.2, -0.15) is 5.10 Å². The first-order valence-corrected chi connectivity index (χ1v) is 9.92. The third-order valence-corrected chi connectivity index (χ3v) is 5.65. The number of hydrogen-bond donors (Lipinski definition) is 1. The van der Waals surface area contributed by atoms with E-state index in [9.17, 15) is 4.79 Å². The number of carbonyl (C=O) groups excluding carboxylic acids is 1. The number of benzene rings is 2. The molecule has 1 fully saturated rings. The lowest BCUT2D eigenvalue weighted by Gasteiger charge is -2.36. The highest BCUT2D eigenvalue weighted by Gasteiger charge is 2.39. The van der Waals surface area contributed by atoms with Crippen LogP contribution in [0.15, 0.2) is 61.2 Å². The molecule has 0 saturated heterocycles. The van der Waals surface area contributed by atoms with Crippen molar-refractivity contribution >= 4 is 11.7 Å². The number of fused-ring (bicyclic) bond motifs is 1. The molecule has 1 aromatic heterocycles. The fourth-order valence-corrected chi connectivity index (χ4v) is 4.16. The average Bonchev–Trinajstić information content (AvgIpc) is 3.40. The zero-order valence-corrected chi connectivity index (χ0v) is 15.7. The van der Waals surface area contributed by atoms with Gasteiger partial charge in [0.1, 0.15) is 12.7 Å². The van der Waals surface area contributed by atoms with Crippen molar-refractivity contribution in [2.24, 2.45) is 0 Å². The van der Waals surface area contributed by atoms with Crippen LogP contribution in [-0.4, -0.2) is 31.7 Å². The molecule has 1 atom stereocenters. The fourth-order valence-electron chi connectivity index (χ4n) is 4.16. The van der Waals surface area contributed by atoms with Crippen LogP contribution in [0.1, 0.15) is 42.9 Å². The molecule has 28 heavy (non-hydrogen) atoms. The Labute approximate surface area is 164 Å². The van der Waals surface area contributed by atoms with Gasteiger partial charge in [0.2, 0.25) is 0 Å². The number of aromatic nitrogens is 3. The van der Waals surface area contributed by atoms with E-state index in [0.29, 0.717) is 6.04 Å². The van der Waals surface area contributed by atoms with Crippen molar-refractivity contribution in [3.8, 4) is 5.69 Å². The lowest BCUT2D eigenvalue weighted by atomic mass is 9.87. The number of aryl methyl sites for hydroxylation is 1. The summed E-state index contributed by atoms with van der Waals surface area (Å²) in [6.07, 6.45) is 8.62. The van der Waals surface area contributed by atoms with Gasteiger partial charge in [-0.05, 0) is 67.5 Å². The summed E-state index contributed by atoms with van der Waals surface area (Å²) in [6.45, 7) is 0. The highest BCUT2D eigenvalue weighted by atomic mass is 16.2. The molecule has 2 aliphatic rings.